The summed E-state index contributed by atoms with van der Waals surface area (Å²) in [5.74, 6) is 0. The van der Waals surface area contributed by atoms with Gasteiger partial charge in [0, 0.05) is 6.54 Å². The van der Waals surface area contributed by atoms with Gasteiger partial charge in [0.25, 0.3) is 0 Å². The third-order valence-electron chi connectivity index (χ3n) is 0.241. The zero-order chi connectivity index (χ0) is 4.28. The Morgan fingerprint density at radius 3 is 1.83 bits per heavy atom. The van der Waals surface area contributed by atoms with E-state index in [1.807, 2.05) is 0 Å². The van der Waals surface area contributed by atoms with Crippen LogP contribution in [0.4, 0.5) is 0 Å². The fourth-order valence-electron chi connectivity index (χ4n) is 0. The van der Waals surface area contributed by atoms with Crippen molar-refractivity contribution in [2.24, 2.45) is 11.5 Å². The number of rotatable bonds is 1. The van der Waals surface area contributed by atoms with Crippen LogP contribution >= 0.6 is 0 Å². The lowest BCUT2D eigenvalue weighted by Crippen LogP contribution is -2.28. The first-order chi connectivity index (χ1) is 2.27. The van der Waals surface area contributed by atoms with E-state index >= 15 is 0 Å². The van der Waals surface area contributed by atoms with Crippen molar-refractivity contribution in [3.8, 4) is 0 Å². The second-order valence-corrected chi connectivity index (χ2v) is 0.803. The molecule has 7 N–H and O–H groups in total. The van der Waals surface area contributed by atoms with Gasteiger partial charge in [-0.05, 0) is 0 Å². The first-order valence-electron chi connectivity index (χ1n) is 1.41. The molecule has 0 radical (unpaired) electrons. The van der Waals surface area contributed by atoms with Gasteiger partial charge in [-0.15, -0.1) is 0 Å². The first kappa shape index (κ1) is 9.28. The average molecular weight is 94.1 g/mol. The molecule has 0 aromatic carbocycles. The first-order valence-corrected chi connectivity index (χ1v) is 1.41. The van der Waals surface area contributed by atoms with Crippen molar-refractivity contribution >= 4 is 0 Å². The van der Waals surface area contributed by atoms with Gasteiger partial charge in [-0.3, -0.25) is 0 Å². The van der Waals surface area contributed by atoms with Crippen LogP contribution in [0.15, 0.2) is 0 Å². The minimum atomic E-state index is -0.838. The van der Waals surface area contributed by atoms with Crippen LogP contribution < -0.4 is 11.5 Å². The van der Waals surface area contributed by atoms with E-state index in [1.54, 1.807) is 0 Å². The number of hydrogen-bond acceptors (Lipinski definition) is 3. The van der Waals surface area contributed by atoms with Crippen LogP contribution in [0.3, 0.4) is 0 Å². The molecular weight excluding hydrogens is 84.0 g/mol. The molecule has 0 rings (SSSR count). The average Bonchev–Trinajstić information content (AvgIpc) is 1.38. The Balaban J connectivity index is 0. The lowest BCUT2D eigenvalue weighted by atomic mass is 10.6. The number of aliphatic hydroxyl groups is 1. The minimum Gasteiger partial charge on any atom is -0.412 e. The van der Waals surface area contributed by atoms with E-state index in [2.05, 4.69) is 0 Å². The third kappa shape index (κ3) is 9.15. The highest BCUT2D eigenvalue weighted by molar-refractivity contribution is 4.37. The Hall–Kier alpha value is -0.160. The molecule has 1 unspecified atom stereocenters. The molecular formula is C2H10N2O2. The summed E-state index contributed by atoms with van der Waals surface area (Å²) in [5, 5.41) is 8.01. The van der Waals surface area contributed by atoms with Gasteiger partial charge in [0.05, 0.1) is 0 Å². The second kappa shape index (κ2) is 4.84. The highest BCUT2D eigenvalue weighted by atomic mass is 16.3. The number of hydrogen-bond donors (Lipinski definition) is 3. The van der Waals surface area contributed by atoms with Crippen molar-refractivity contribution in [3.63, 3.8) is 0 Å². The molecule has 0 fully saturated rings. The Bertz CT molecular complexity index is 23.5. The molecule has 0 aromatic heterocycles. The van der Waals surface area contributed by atoms with E-state index in [9.17, 15) is 0 Å². The molecule has 0 aliphatic rings. The zero-order valence-electron chi connectivity index (χ0n) is 3.39. The molecule has 0 aliphatic heterocycles. The van der Waals surface area contributed by atoms with Gasteiger partial charge >= 0.3 is 0 Å². The van der Waals surface area contributed by atoms with Gasteiger partial charge in [0.15, 0.2) is 0 Å². The fourth-order valence-corrected chi connectivity index (χ4v) is 0. The van der Waals surface area contributed by atoms with Gasteiger partial charge in [-0.1, -0.05) is 0 Å². The monoisotopic (exact) mass is 94.1 g/mol. The highest BCUT2D eigenvalue weighted by Crippen LogP contribution is 1.51. The normalized spacial score (nSPS) is 12.5. The Morgan fingerprint density at radius 2 is 1.83 bits per heavy atom. The van der Waals surface area contributed by atoms with Crippen LogP contribution in [0.2, 0.25) is 0 Å². The predicted molar refractivity (Wildman–Crippen MR) is 22.9 cm³/mol. The third-order valence-corrected chi connectivity index (χ3v) is 0.241. The molecule has 0 saturated carbocycles. The van der Waals surface area contributed by atoms with Gasteiger partial charge in [0.2, 0.25) is 0 Å². The van der Waals surface area contributed by atoms with Crippen LogP contribution in [0.25, 0.3) is 0 Å². The van der Waals surface area contributed by atoms with Gasteiger partial charge < -0.3 is 22.1 Å². The van der Waals surface area contributed by atoms with E-state index in [4.69, 9.17) is 16.6 Å². The molecule has 6 heavy (non-hydrogen) atoms. The number of nitrogens with two attached hydrogens (primary N) is 2. The van der Waals surface area contributed by atoms with E-state index < -0.39 is 6.23 Å². The lowest BCUT2D eigenvalue weighted by molar-refractivity contribution is 0.191. The summed E-state index contributed by atoms with van der Waals surface area (Å²) in [7, 11) is 0. The van der Waals surface area contributed by atoms with Crippen LogP contribution in [0, 0.1) is 0 Å². The fraction of sp³-hybridized carbons (Fsp3) is 1.00. The maximum absolute atomic E-state index is 8.01. The largest absolute Gasteiger partial charge is 0.412 e. The van der Waals surface area contributed by atoms with Crippen molar-refractivity contribution in [1.29, 1.82) is 0 Å². The minimum absolute atomic E-state index is 0. The van der Waals surface area contributed by atoms with Gasteiger partial charge in [0.1, 0.15) is 6.23 Å². The van der Waals surface area contributed by atoms with Gasteiger partial charge in [-0.2, -0.15) is 0 Å². The molecule has 0 heterocycles. The Morgan fingerprint density at radius 1 is 1.67 bits per heavy atom. The van der Waals surface area contributed by atoms with Crippen molar-refractivity contribution in [3.05, 3.63) is 0 Å². The van der Waals surface area contributed by atoms with Crippen LogP contribution in [0.1, 0.15) is 0 Å². The quantitative estimate of drug-likeness (QED) is 0.310. The summed E-state index contributed by atoms with van der Waals surface area (Å²) >= 11 is 0. The summed E-state index contributed by atoms with van der Waals surface area (Å²) in [6.07, 6.45) is -0.838. The summed E-state index contributed by atoms with van der Waals surface area (Å²) in [6, 6.07) is 0. The highest BCUT2D eigenvalue weighted by Gasteiger charge is 1.81. The molecule has 0 spiro atoms. The maximum atomic E-state index is 8.01. The standard InChI is InChI=1S/C2H8N2O.H2O/c3-1-2(4)5;/h2,5H,1,3-4H2;1H2. The van der Waals surface area contributed by atoms with Crippen LogP contribution in [-0.2, 0) is 0 Å². The van der Waals surface area contributed by atoms with Crippen molar-refractivity contribution in [2.45, 2.75) is 6.23 Å². The molecule has 0 aromatic rings. The van der Waals surface area contributed by atoms with Crippen LogP contribution in [0.5, 0.6) is 0 Å². The summed E-state index contributed by atoms with van der Waals surface area (Å²) in [4.78, 5) is 0. The summed E-state index contributed by atoms with van der Waals surface area (Å²) < 4.78 is 0. The summed E-state index contributed by atoms with van der Waals surface area (Å²) in [6.45, 7) is 0.139. The molecule has 0 amide bonds. The van der Waals surface area contributed by atoms with Crippen molar-refractivity contribution in [1.82, 2.24) is 0 Å². The molecule has 0 saturated heterocycles. The second-order valence-electron chi connectivity index (χ2n) is 0.803. The smallest absolute Gasteiger partial charge is 0.114 e. The number of aliphatic hydroxyl groups excluding tert-OH is 1. The van der Waals surface area contributed by atoms with E-state index in [-0.39, 0.29) is 12.0 Å². The SMILES string of the molecule is NCC(N)O.O. The van der Waals surface area contributed by atoms with Crippen LogP contribution in [-0.4, -0.2) is 23.4 Å². The Labute approximate surface area is 36.1 Å². The maximum Gasteiger partial charge on any atom is 0.114 e. The summed E-state index contributed by atoms with van der Waals surface area (Å²) in [5.41, 5.74) is 9.52. The zero-order valence-corrected chi connectivity index (χ0v) is 3.39. The Kier molecular flexibility index (Phi) is 7.48. The molecule has 0 bridgehead atoms. The van der Waals surface area contributed by atoms with E-state index in [0.29, 0.717) is 0 Å². The molecule has 4 nitrogen and oxygen atoms in total. The molecule has 40 valence electrons. The van der Waals surface area contributed by atoms with Gasteiger partial charge in [-0.25, -0.2) is 0 Å². The lowest BCUT2D eigenvalue weighted by Gasteiger charge is -1.91. The molecule has 4 heteroatoms. The van der Waals surface area contributed by atoms with Crippen molar-refractivity contribution < 1.29 is 10.6 Å². The molecule has 0 aliphatic carbocycles. The van der Waals surface area contributed by atoms with E-state index in [1.165, 1.54) is 0 Å². The molecule has 1 atom stereocenters. The van der Waals surface area contributed by atoms with E-state index in [0.717, 1.165) is 0 Å². The van der Waals surface area contributed by atoms with Crippen molar-refractivity contribution in [2.75, 3.05) is 6.54 Å². The topological polar surface area (TPSA) is 104 Å². The predicted octanol–water partition coefficient (Wildman–Crippen LogP) is -2.60.